The van der Waals surface area contributed by atoms with Crippen molar-refractivity contribution in [2.45, 2.75) is 45.7 Å². The second kappa shape index (κ2) is 6.80. The number of likely N-dealkylation sites (tertiary alicyclic amines) is 1. The van der Waals surface area contributed by atoms with Crippen LogP contribution in [0.25, 0.3) is 0 Å². The maximum atomic E-state index is 5.64. The summed E-state index contributed by atoms with van der Waals surface area (Å²) in [5, 5.41) is 0. The van der Waals surface area contributed by atoms with Gasteiger partial charge in [-0.25, -0.2) is 0 Å². The van der Waals surface area contributed by atoms with Gasteiger partial charge in [-0.1, -0.05) is 12.5 Å². The number of benzene rings is 1. The van der Waals surface area contributed by atoms with Crippen LogP contribution in [-0.2, 0) is 6.54 Å². The molecule has 1 aromatic carbocycles. The van der Waals surface area contributed by atoms with E-state index in [0.29, 0.717) is 12.6 Å². The van der Waals surface area contributed by atoms with Crippen LogP contribution >= 0.6 is 0 Å². The molecule has 106 valence electrons. The minimum absolute atomic E-state index is 0.667. The van der Waals surface area contributed by atoms with E-state index in [1.165, 1.54) is 31.4 Å². The maximum Gasteiger partial charge on any atom is 0.161 e. The number of nitrogens with zero attached hydrogens (tertiary/aromatic N) is 1. The Hall–Kier alpha value is -1.22. The van der Waals surface area contributed by atoms with Gasteiger partial charge < -0.3 is 9.47 Å². The molecule has 1 atom stereocenters. The van der Waals surface area contributed by atoms with Crippen molar-refractivity contribution < 1.29 is 9.47 Å². The van der Waals surface area contributed by atoms with E-state index < -0.39 is 0 Å². The molecule has 0 spiro atoms. The van der Waals surface area contributed by atoms with Gasteiger partial charge in [-0.05, 0) is 50.9 Å². The van der Waals surface area contributed by atoms with Crippen LogP contribution in [0.15, 0.2) is 18.2 Å². The van der Waals surface area contributed by atoms with Crippen LogP contribution in [0.1, 0.15) is 38.7 Å². The van der Waals surface area contributed by atoms with E-state index in [2.05, 4.69) is 24.0 Å². The fourth-order valence-corrected chi connectivity index (χ4v) is 2.71. The van der Waals surface area contributed by atoms with E-state index in [0.717, 1.165) is 18.0 Å². The Labute approximate surface area is 116 Å². The Morgan fingerprint density at radius 2 is 2.11 bits per heavy atom. The molecule has 0 saturated carbocycles. The molecule has 1 heterocycles. The highest BCUT2D eigenvalue weighted by atomic mass is 16.5. The number of piperidine rings is 1. The van der Waals surface area contributed by atoms with Gasteiger partial charge in [0.2, 0.25) is 0 Å². The predicted octanol–water partition coefficient (Wildman–Crippen LogP) is 3.47. The first-order chi connectivity index (χ1) is 9.24. The largest absolute Gasteiger partial charge is 0.493 e. The summed E-state index contributed by atoms with van der Waals surface area (Å²) in [5.41, 5.74) is 1.30. The lowest BCUT2D eigenvalue weighted by molar-refractivity contribution is 0.152. The number of hydrogen-bond donors (Lipinski definition) is 0. The highest BCUT2D eigenvalue weighted by Gasteiger charge is 2.18. The fraction of sp³-hybridized carbons (Fsp3) is 0.625. The molecular formula is C16H25NO2. The Morgan fingerprint density at radius 3 is 2.79 bits per heavy atom. The quantitative estimate of drug-likeness (QED) is 0.812. The van der Waals surface area contributed by atoms with Gasteiger partial charge in [-0.2, -0.15) is 0 Å². The van der Waals surface area contributed by atoms with Gasteiger partial charge in [0.25, 0.3) is 0 Å². The summed E-state index contributed by atoms with van der Waals surface area (Å²) < 4.78 is 11.0. The lowest BCUT2D eigenvalue weighted by Gasteiger charge is -2.33. The third-order valence-corrected chi connectivity index (χ3v) is 3.85. The van der Waals surface area contributed by atoms with Crippen molar-refractivity contribution >= 4 is 0 Å². The van der Waals surface area contributed by atoms with E-state index in [1.54, 1.807) is 7.11 Å². The van der Waals surface area contributed by atoms with E-state index in [-0.39, 0.29) is 0 Å². The Bertz CT molecular complexity index is 406. The average Bonchev–Trinajstić information content (AvgIpc) is 2.42. The van der Waals surface area contributed by atoms with Crippen LogP contribution in [0.2, 0.25) is 0 Å². The van der Waals surface area contributed by atoms with Gasteiger partial charge in [0, 0.05) is 12.6 Å². The summed E-state index contributed by atoms with van der Waals surface area (Å²) >= 11 is 0. The third kappa shape index (κ3) is 3.63. The Balaban J connectivity index is 2.09. The fourth-order valence-electron chi connectivity index (χ4n) is 2.71. The van der Waals surface area contributed by atoms with Crippen LogP contribution in [0.4, 0.5) is 0 Å². The summed E-state index contributed by atoms with van der Waals surface area (Å²) in [6.07, 6.45) is 4.00. The second-order valence-electron chi connectivity index (χ2n) is 5.23. The molecule has 2 rings (SSSR count). The first-order valence-electron chi connectivity index (χ1n) is 7.28. The zero-order valence-corrected chi connectivity index (χ0v) is 12.3. The average molecular weight is 263 g/mol. The van der Waals surface area contributed by atoms with Crippen molar-refractivity contribution in [1.82, 2.24) is 4.90 Å². The monoisotopic (exact) mass is 263 g/mol. The number of rotatable bonds is 5. The van der Waals surface area contributed by atoms with Crippen molar-refractivity contribution in [2.75, 3.05) is 20.3 Å². The van der Waals surface area contributed by atoms with Crippen molar-refractivity contribution in [3.05, 3.63) is 23.8 Å². The number of ether oxygens (including phenoxy) is 2. The molecule has 0 aliphatic carbocycles. The molecule has 1 saturated heterocycles. The molecule has 0 amide bonds. The predicted molar refractivity (Wildman–Crippen MR) is 77.9 cm³/mol. The lowest BCUT2D eigenvalue weighted by Crippen LogP contribution is -2.36. The maximum absolute atomic E-state index is 5.64. The van der Waals surface area contributed by atoms with Crippen molar-refractivity contribution in [3.63, 3.8) is 0 Å². The summed E-state index contributed by atoms with van der Waals surface area (Å²) in [4.78, 5) is 2.56. The molecule has 1 aliphatic heterocycles. The van der Waals surface area contributed by atoms with Gasteiger partial charge >= 0.3 is 0 Å². The van der Waals surface area contributed by atoms with Crippen molar-refractivity contribution in [2.24, 2.45) is 0 Å². The van der Waals surface area contributed by atoms with Gasteiger partial charge in [-0.15, -0.1) is 0 Å². The highest BCUT2D eigenvalue weighted by Crippen LogP contribution is 2.29. The van der Waals surface area contributed by atoms with E-state index in [1.807, 2.05) is 13.0 Å². The summed E-state index contributed by atoms with van der Waals surface area (Å²) in [6.45, 7) is 7.20. The van der Waals surface area contributed by atoms with Gasteiger partial charge in [-0.3, -0.25) is 4.90 Å². The molecule has 0 unspecified atom stereocenters. The number of methoxy groups -OCH3 is 1. The molecule has 19 heavy (non-hydrogen) atoms. The van der Waals surface area contributed by atoms with Crippen LogP contribution in [0.5, 0.6) is 11.5 Å². The summed E-state index contributed by atoms with van der Waals surface area (Å²) in [6, 6.07) is 6.95. The molecule has 0 radical (unpaired) electrons. The van der Waals surface area contributed by atoms with Crippen molar-refractivity contribution in [3.8, 4) is 11.5 Å². The van der Waals surface area contributed by atoms with E-state index in [4.69, 9.17) is 9.47 Å². The molecule has 3 heteroatoms. The summed E-state index contributed by atoms with van der Waals surface area (Å²) in [7, 11) is 1.68. The molecule has 3 nitrogen and oxygen atoms in total. The molecular weight excluding hydrogens is 238 g/mol. The van der Waals surface area contributed by atoms with Crippen molar-refractivity contribution in [1.29, 1.82) is 0 Å². The minimum atomic E-state index is 0.667. The van der Waals surface area contributed by atoms with Gasteiger partial charge in [0.1, 0.15) is 0 Å². The standard InChI is InChI=1S/C16H25NO2/c1-4-19-16-11-14(8-9-15(16)18-3)12-17-10-6-5-7-13(17)2/h8-9,11,13H,4-7,10,12H2,1-3H3/t13-/m0/s1. The normalized spacial score (nSPS) is 20.3. The second-order valence-corrected chi connectivity index (χ2v) is 5.23. The molecule has 1 aliphatic rings. The van der Waals surface area contributed by atoms with Crippen LogP contribution < -0.4 is 9.47 Å². The molecule has 1 aromatic rings. The molecule has 0 bridgehead atoms. The Morgan fingerprint density at radius 1 is 1.26 bits per heavy atom. The minimum Gasteiger partial charge on any atom is -0.493 e. The smallest absolute Gasteiger partial charge is 0.161 e. The number of hydrogen-bond acceptors (Lipinski definition) is 3. The van der Waals surface area contributed by atoms with Crippen LogP contribution in [0, 0.1) is 0 Å². The van der Waals surface area contributed by atoms with Gasteiger partial charge in [0.05, 0.1) is 13.7 Å². The molecule has 0 N–H and O–H groups in total. The zero-order valence-electron chi connectivity index (χ0n) is 12.3. The van der Waals surface area contributed by atoms with Crippen LogP contribution in [0.3, 0.4) is 0 Å². The summed E-state index contributed by atoms with van der Waals surface area (Å²) in [5.74, 6) is 1.67. The highest BCUT2D eigenvalue weighted by molar-refractivity contribution is 5.43. The molecule has 1 fully saturated rings. The molecule has 0 aromatic heterocycles. The van der Waals surface area contributed by atoms with Gasteiger partial charge in [0.15, 0.2) is 11.5 Å². The SMILES string of the molecule is CCOc1cc(CN2CCCC[C@@H]2C)ccc1OC. The first kappa shape index (κ1) is 14.2. The Kier molecular flexibility index (Phi) is 5.08. The van der Waals surface area contributed by atoms with E-state index >= 15 is 0 Å². The van der Waals surface area contributed by atoms with Crippen LogP contribution in [-0.4, -0.2) is 31.2 Å². The third-order valence-electron chi connectivity index (χ3n) is 3.85. The zero-order chi connectivity index (χ0) is 13.7. The lowest BCUT2D eigenvalue weighted by atomic mass is 10.0. The topological polar surface area (TPSA) is 21.7 Å². The first-order valence-corrected chi connectivity index (χ1v) is 7.28. The van der Waals surface area contributed by atoms with E-state index in [9.17, 15) is 0 Å².